The summed E-state index contributed by atoms with van der Waals surface area (Å²) in [4.78, 5) is 0. The standard InChI is InChI=1S/C13H10N2O/c14-9-11-5-3-7-13(16-11)8-10-4-1-2-6-12(10)15-13/h1-7,15H,8H2. The van der Waals surface area contributed by atoms with E-state index in [1.54, 1.807) is 6.08 Å². The first kappa shape index (κ1) is 9.05. The van der Waals surface area contributed by atoms with Gasteiger partial charge < -0.3 is 10.1 Å². The molecule has 0 radical (unpaired) electrons. The van der Waals surface area contributed by atoms with E-state index in [9.17, 15) is 0 Å². The molecule has 0 saturated carbocycles. The van der Waals surface area contributed by atoms with Gasteiger partial charge >= 0.3 is 0 Å². The van der Waals surface area contributed by atoms with Gasteiger partial charge in [0.25, 0.3) is 0 Å². The fourth-order valence-electron chi connectivity index (χ4n) is 2.13. The van der Waals surface area contributed by atoms with Crippen LogP contribution in [0.5, 0.6) is 0 Å². The number of fused-ring (bicyclic) bond motifs is 1. The number of hydrogen-bond acceptors (Lipinski definition) is 3. The molecular formula is C13H10N2O. The van der Waals surface area contributed by atoms with E-state index in [2.05, 4.69) is 11.4 Å². The van der Waals surface area contributed by atoms with Gasteiger partial charge in [0.15, 0.2) is 5.76 Å². The summed E-state index contributed by atoms with van der Waals surface area (Å²) in [5, 5.41) is 12.2. The van der Waals surface area contributed by atoms with E-state index in [4.69, 9.17) is 10.00 Å². The number of hydrogen-bond donors (Lipinski definition) is 1. The summed E-state index contributed by atoms with van der Waals surface area (Å²) in [6.45, 7) is 0. The van der Waals surface area contributed by atoms with Crippen molar-refractivity contribution in [1.82, 2.24) is 0 Å². The largest absolute Gasteiger partial charge is 0.454 e. The van der Waals surface area contributed by atoms with Crippen LogP contribution in [-0.4, -0.2) is 5.72 Å². The lowest BCUT2D eigenvalue weighted by molar-refractivity contribution is 0.0828. The maximum atomic E-state index is 8.85. The molecule has 0 fully saturated rings. The highest BCUT2D eigenvalue weighted by Gasteiger charge is 2.38. The molecule has 16 heavy (non-hydrogen) atoms. The van der Waals surface area contributed by atoms with Crippen molar-refractivity contribution in [2.75, 3.05) is 5.32 Å². The third-order valence-corrected chi connectivity index (χ3v) is 2.83. The molecule has 1 N–H and O–H groups in total. The van der Waals surface area contributed by atoms with E-state index in [-0.39, 0.29) is 0 Å². The zero-order valence-electron chi connectivity index (χ0n) is 8.60. The minimum Gasteiger partial charge on any atom is -0.454 e. The lowest BCUT2D eigenvalue weighted by Gasteiger charge is -2.29. The first-order chi connectivity index (χ1) is 7.81. The number of anilines is 1. The molecule has 78 valence electrons. The Hall–Kier alpha value is -2.21. The quantitative estimate of drug-likeness (QED) is 0.714. The average molecular weight is 210 g/mol. The van der Waals surface area contributed by atoms with Crippen LogP contribution in [0.1, 0.15) is 5.56 Å². The number of para-hydroxylation sites is 1. The maximum absolute atomic E-state index is 8.85. The molecule has 3 heteroatoms. The van der Waals surface area contributed by atoms with Crippen molar-refractivity contribution in [2.45, 2.75) is 12.1 Å². The fraction of sp³-hybridized carbons (Fsp3) is 0.154. The molecule has 1 unspecified atom stereocenters. The van der Waals surface area contributed by atoms with Crippen LogP contribution in [0.15, 0.2) is 48.3 Å². The Kier molecular flexibility index (Phi) is 1.78. The minimum atomic E-state index is -0.566. The average Bonchev–Trinajstić information content (AvgIpc) is 2.66. The monoisotopic (exact) mass is 210 g/mol. The molecule has 3 rings (SSSR count). The van der Waals surface area contributed by atoms with Gasteiger partial charge in [0, 0.05) is 12.1 Å². The maximum Gasteiger partial charge on any atom is 0.205 e. The van der Waals surface area contributed by atoms with Crippen molar-refractivity contribution in [3.05, 3.63) is 53.8 Å². The van der Waals surface area contributed by atoms with Gasteiger partial charge in [-0.15, -0.1) is 0 Å². The number of ether oxygens (including phenoxy) is 1. The number of nitrogens with one attached hydrogen (secondary N) is 1. The van der Waals surface area contributed by atoms with Gasteiger partial charge in [-0.3, -0.25) is 0 Å². The highest BCUT2D eigenvalue weighted by Crippen LogP contribution is 2.36. The predicted octanol–water partition coefficient (Wildman–Crippen LogP) is 2.34. The Morgan fingerprint density at radius 1 is 1.38 bits per heavy atom. The summed E-state index contributed by atoms with van der Waals surface area (Å²) in [5.41, 5.74) is 1.72. The lowest BCUT2D eigenvalue weighted by atomic mass is 10.1. The molecule has 1 aromatic carbocycles. The molecule has 2 heterocycles. The van der Waals surface area contributed by atoms with E-state index in [0.717, 1.165) is 12.1 Å². The molecule has 2 aliphatic rings. The van der Waals surface area contributed by atoms with Crippen LogP contribution in [-0.2, 0) is 11.2 Å². The molecule has 1 atom stereocenters. The smallest absolute Gasteiger partial charge is 0.205 e. The Morgan fingerprint density at radius 2 is 2.25 bits per heavy atom. The van der Waals surface area contributed by atoms with Crippen molar-refractivity contribution in [3.8, 4) is 6.07 Å². The minimum absolute atomic E-state index is 0.350. The van der Waals surface area contributed by atoms with Crippen molar-refractivity contribution in [3.63, 3.8) is 0 Å². The number of benzene rings is 1. The van der Waals surface area contributed by atoms with Gasteiger partial charge in [0.05, 0.1) is 0 Å². The SMILES string of the molecule is N#CC1=CC=CC2(Cc3ccccc3N2)O1. The summed E-state index contributed by atoms with van der Waals surface area (Å²) in [5.74, 6) is 0.350. The first-order valence-electron chi connectivity index (χ1n) is 5.16. The Balaban J connectivity index is 1.94. The first-order valence-corrected chi connectivity index (χ1v) is 5.16. The van der Waals surface area contributed by atoms with Crippen molar-refractivity contribution < 1.29 is 4.74 Å². The summed E-state index contributed by atoms with van der Waals surface area (Å²) in [6.07, 6.45) is 6.24. The third kappa shape index (κ3) is 1.28. The Bertz CT molecular complexity index is 512. The molecule has 0 saturated heterocycles. The van der Waals surface area contributed by atoms with E-state index in [1.165, 1.54) is 5.56 Å². The summed E-state index contributed by atoms with van der Waals surface area (Å²) in [6, 6.07) is 10.1. The van der Waals surface area contributed by atoms with Gasteiger partial charge in [-0.1, -0.05) is 24.3 Å². The van der Waals surface area contributed by atoms with Crippen LogP contribution >= 0.6 is 0 Å². The molecule has 0 bridgehead atoms. The summed E-state index contributed by atoms with van der Waals surface area (Å²) < 4.78 is 5.67. The zero-order valence-corrected chi connectivity index (χ0v) is 8.60. The van der Waals surface area contributed by atoms with Gasteiger partial charge in [0.2, 0.25) is 5.72 Å². The van der Waals surface area contributed by atoms with Gasteiger partial charge in [-0.25, -0.2) is 0 Å². The Labute approximate surface area is 93.7 Å². The molecule has 1 aromatic rings. The van der Waals surface area contributed by atoms with E-state index in [0.29, 0.717) is 5.76 Å². The highest BCUT2D eigenvalue weighted by molar-refractivity contribution is 5.60. The van der Waals surface area contributed by atoms with E-state index < -0.39 is 5.72 Å². The van der Waals surface area contributed by atoms with Crippen LogP contribution in [0.3, 0.4) is 0 Å². The third-order valence-electron chi connectivity index (χ3n) is 2.83. The van der Waals surface area contributed by atoms with Crippen molar-refractivity contribution in [2.24, 2.45) is 0 Å². The second-order valence-electron chi connectivity index (χ2n) is 3.95. The lowest BCUT2D eigenvalue weighted by Crippen LogP contribution is -2.37. The fourth-order valence-corrected chi connectivity index (χ4v) is 2.13. The second-order valence-corrected chi connectivity index (χ2v) is 3.95. The van der Waals surface area contributed by atoms with Crippen LogP contribution in [0.2, 0.25) is 0 Å². The molecule has 0 aromatic heterocycles. The number of rotatable bonds is 0. The zero-order chi connectivity index (χ0) is 11.0. The molecule has 1 spiro atoms. The van der Waals surface area contributed by atoms with Crippen LogP contribution in [0, 0.1) is 11.3 Å². The molecule has 3 nitrogen and oxygen atoms in total. The van der Waals surface area contributed by atoms with Gasteiger partial charge in [0.1, 0.15) is 6.07 Å². The summed E-state index contributed by atoms with van der Waals surface area (Å²) >= 11 is 0. The van der Waals surface area contributed by atoms with Gasteiger partial charge in [-0.2, -0.15) is 5.26 Å². The van der Waals surface area contributed by atoms with Crippen LogP contribution < -0.4 is 5.32 Å². The Morgan fingerprint density at radius 3 is 3.06 bits per heavy atom. The number of allylic oxidation sites excluding steroid dienone is 3. The molecule has 0 amide bonds. The normalized spacial score (nSPS) is 25.3. The van der Waals surface area contributed by atoms with Crippen LogP contribution in [0.25, 0.3) is 0 Å². The predicted molar refractivity (Wildman–Crippen MR) is 60.4 cm³/mol. The number of nitrogens with zero attached hydrogens (tertiary/aromatic N) is 1. The molecular weight excluding hydrogens is 200 g/mol. The highest BCUT2D eigenvalue weighted by atomic mass is 16.5. The van der Waals surface area contributed by atoms with Crippen LogP contribution in [0.4, 0.5) is 5.69 Å². The van der Waals surface area contributed by atoms with Gasteiger partial charge in [-0.05, 0) is 23.8 Å². The molecule has 0 aliphatic carbocycles. The second kappa shape index (κ2) is 3.14. The number of nitriles is 1. The van der Waals surface area contributed by atoms with E-state index in [1.807, 2.05) is 36.4 Å². The van der Waals surface area contributed by atoms with Crippen molar-refractivity contribution in [1.29, 1.82) is 5.26 Å². The summed E-state index contributed by atoms with van der Waals surface area (Å²) in [7, 11) is 0. The molecule has 2 aliphatic heterocycles. The topological polar surface area (TPSA) is 45.0 Å². The van der Waals surface area contributed by atoms with E-state index >= 15 is 0 Å². The van der Waals surface area contributed by atoms with Crippen molar-refractivity contribution >= 4 is 5.69 Å².